The first kappa shape index (κ1) is 22.6. The molecule has 3 heterocycles. The minimum Gasteiger partial charge on any atom is -0.394 e. The number of ether oxygens (including phenoxy) is 1. The van der Waals surface area contributed by atoms with Gasteiger partial charge in [-0.15, -0.1) is 0 Å². The molecule has 3 aromatic rings. The summed E-state index contributed by atoms with van der Waals surface area (Å²) in [6.07, 6.45) is -1.58. The van der Waals surface area contributed by atoms with E-state index in [1.54, 1.807) is 0 Å². The Morgan fingerprint density at radius 2 is 2.06 bits per heavy atom. The van der Waals surface area contributed by atoms with Crippen LogP contribution in [0.25, 0.3) is 11.2 Å². The zero-order chi connectivity index (χ0) is 22.9. The van der Waals surface area contributed by atoms with E-state index in [4.69, 9.17) is 19.0 Å². The molecule has 1 aromatic carbocycles. The second kappa shape index (κ2) is 9.08. The number of imidazole rings is 1. The molecule has 1 aliphatic rings. The molecule has 6 N–H and O–H groups in total. The van der Waals surface area contributed by atoms with Crippen molar-refractivity contribution in [3.8, 4) is 0 Å². The van der Waals surface area contributed by atoms with Gasteiger partial charge in [0.15, 0.2) is 11.2 Å². The number of nitrogens with one attached hydrogen (secondary N) is 2. The number of fused-ring (bicyclic) bond motifs is 1. The second-order valence-corrected chi connectivity index (χ2v) is 8.40. The Balaban J connectivity index is 1.64. The molecule has 4 rings (SSSR count). The van der Waals surface area contributed by atoms with Gasteiger partial charge in [0.1, 0.15) is 18.4 Å². The van der Waals surface area contributed by atoms with Gasteiger partial charge >= 0.3 is 7.82 Å². The molecule has 0 spiro atoms. The molecular weight excluding hydrogens is 445 g/mol. The molecule has 4 atom stereocenters. The molecule has 1 aliphatic heterocycles. The molecule has 0 radical (unpaired) electrons. The Kier molecular flexibility index (Phi) is 6.40. The van der Waals surface area contributed by atoms with Crippen molar-refractivity contribution in [2.75, 3.05) is 18.5 Å². The second-order valence-electron chi connectivity index (χ2n) is 7.21. The number of benzene rings is 1. The van der Waals surface area contributed by atoms with Gasteiger partial charge < -0.3 is 30.1 Å². The van der Waals surface area contributed by atoms with Crippen LogP contribution < -0.4 is 10.9 Å². The van der Waals surface area contributed by atoms with Crippen LogP contribution in [0.4, 0.5) is 5.95 Å². The van der Waals surface area contributed by atoms with E-state index < -0.39 is 44.5 Å². The number of hydrogen-bond acceptors (Lipinski definition) is 9. The van der Waals surface area contributed by atoms with Crippen molar-refractivity contribution in [1.82, 2.24) is 19.5 Å². The summed E-state index contributed by atoms with van der Waals surface area (Å²) >= 11 is 0. The normalized spacial score (nSPS) is 22.3. The molecule has 14 heteroatoms. The van der Waals surface area contributed by atoms with Crippen LogP contribution in [0.3, 0.4) is 0 Å². The lowest BCUT2D eigenvalue weighted by Crippen LogP contribution is -2.26. The Labute approximate surface area is 180 Å². The summed E-state index contributed by atoms with van der Waals surface area (Å²) < 4.78 is 23.0. The third kappa shape index (κ3) is 4.74. The number of aromatic amines is 1. The molecule has 2 aromatic heterocycles. The fraction of sp³-hybridized carbons (Fsp3) is 0.389. The van der Waals surface area contributed by atoms with Gasteiger partial charge in [-0.3, -0.25) is 18.9 Å². The van der Waals surface area contributed by atoms with Crippen LogP contribution in [0.15, 0.2) is 41.5 Å². The highest BCUT2D eigenvalue weighted by Crippen LogP contribution is 2.43. The van der Waals surface area contributed by atoms with Crippen molar-refractivity contribution in [3.05, 3.63) is 52.6 Å². The maximum absolute atomic E-state index is 12.5. The zero-order valence-electron chi connectivity index (χ0n) is 16.6. The lowest BCUT2D eigenvalue weighted by Gasteiger charge is -2.17. The van der Waals surface area contributed by atoms with E-state index in [-0.39, 0.29) is 30.1 Å². The van der Waals surface area contributed by atoms with Crippen molar-refractivity contribution < 1.29 is 33.8 Å². The Bertz CT molecular complexity index is 1180. The first-order valence-electron chi connectivity index (χ1n) is 9.68. The quantitative estimate of drug-likeness (QED) is 0.245. The number of phosphoric ester groups is 1. The molecular formula is C18H22N5O8P. The van der Waals surface area contributed by atoms with Gasteiger partial charge in [-0.2, -0.15) is 4.98 Å². The van der Waals surface area contributed by atoms with E-state index in [1.165, 1.54) is 10.9 Å². The number of hydrogen-bond donors (Lipinski definition) is 6. The topological polar surface area (TPSA) is 192 Å². The van der Waals surface area contributed by atoms with Crippen molar-refractivity contribution in [2.24, 2.45) is 0 Å². The largest absolute Gasteiger partial charge is 0.469 e. The molecule has 0 saturated carbocycles. The Morgan fingerprint density at radius 3 is 2.72 bits per heavy atom. The minimum atomic E-state index is -4.80. The summed E-state index contributed by atoms with van der Waals surface area (Å²) in [5.41, 5.74) is 0.438. The molecule has 32 heavy (non-hydrogen) atoms. The van der Waals surface area contributed by atoms with Crippen LogP contribution in [0.1, 0.15) is 24.3 Å². The average molecular weight is 467 g/mol. The van der Waals surface area contributed by atoms with E-state index in [1.807, 2.05) is 30.3 Å². The maximum atomic E-state index is 12.5. The van der Waals surface area contributed by atoms with Crippen LogP contribution >= 0.6 is 7.82 Å². The number of anilines is 1. The van der Waals surface area contributed by atoms with Crippen LogP contribution in [-0.2, 0) is 13.8 Å². The Morgan fingerprint density at radius 1 is 1.31 bits per heavy atom. The smallest absolute Gasteiger partial charge is 0.394 e. The minimum absolute atomic E-state index is 0.0116. The van der Waals surface area contributed by atoms with E-state index in [2.05, 4.69) is 20.3 Å². The number of phosphoric acid groups is 1. The van der Waals surface area contributed by atoms with Crippen molar-refractivity contribution in [3.63, 3.8) is 0 Å². The van der Waals surface area contributed by atoms with Crippen LogP contribution in [0, 0.1) is 0 Å². The highest BCUT2D eigenvalue weighted by Gasteiger charge is 2.41. The highest BCUT2D eigenvalue weighted by molar-refractivity contribution is 7.46. The van der Waals surface area contributed by atoms with Gasteiger partial charge in [-0.1, -0.05) is 30.3 Å². The van der Waals surface area contributed by atoms with Gasteiger partial charge in [0.05, 0.1) is 25.6 Å². The number of aliphatic hydroxyl groups excluding tert-OH is 2. The predicted molar refractivity (Wildman–Crippen MR) is 111 cm³/mol. The summed E-state index contributed by atoms with van der Waals surface area (Å²) in [4.78, 5) is 41.7. The predicted octanol–water partition coefficient (Wildman–Crippen LogP) is 0.0228. The fourth-order valence-electron chi connectivity index (χ4n) is 3.61. The van der Waals surface area contributed by atoms with Crippen molar-refractivity contribution >= 4 is 24.9 Å². The molecule has 0 aliphatic carbocycles. The molecule has 0 bridgehead atoms. The third-order valence-electron chi connectivity index (χ3n) is 5.07. The fourth-order valence-corrected chi connectivity index (χ4v) is 4.19. The molecule has 1 unspecified atom stereocenters. The van der Waals surface area contributed by atoms with Crippen molar-refractivity contribution in [2.45, 2.75) is 30.9 Å². The lowest BCUT2D eigenvalue weighted by molar-refractivity contribution is -0.0425. The number of nitrogens with zero attached hydrogens (tertiary/aromatic N) is 3. The first-order valence-corrected chi connectivity index (χ1v) is 11.2. The van der Waals surface area contributed by atoms with Gasteiger partial charge in [0.25, 0.3) is 5.56 Å². The Hall–Kier alpha value is -2.64. The summed E-state index contributed by atoms with van der Waals surface area (Å²) in [7, 11) is -4.80. The van der Waals surface area contributed by atoms with Gasteiger partial charge in [0, 0.05) is 6.42 Å². The molecule has 1 saturated heterocycles. The highest BCUT2D eigenvalue weighted by atomic mass is 31.2. The number of rotatable bonds is 8. The standard InChI is InChI=1S/C18H22N5O8P/c24-7-11(10-4-2-1-3-5-10)20-18-21-16-15(17(26)22-18)19-9-23(16)14-6-12(13(8-25)30-14)31-32(27,28)29/h1-5,9,11-14,24-25H,6-8H2,(H2,27,28,29)(H2,20,21,22,26)/t11?,12-,13+,14+/m0/s1. The van der Waals surface area contributed by atoms with Crippen LogP contribution in [-0.4, -0.2) is 64.9 Å². The van der Waals surface area contributed by atoms with Crippen LogP contribution in [0.5, 0.6) is 0 Å². The summed E-state index contributed by atoms with van der Waals surface area (Å²) in [6.45, 7) is -0.778. The van der Waals surface area contributed by atoms with E-state index in [9.17, 15) is 19.6 Å². The lowest BCUT2D eigenvalue weighted by atomic mass is 10.1. The number of aromatic nitrogens is 4. The summed E-state index contributed by atoms with van der Waals surface area (Å²) in [5.74, 6) is 0.0897. The maximum Gasteiger partial charge on any atom is 0.469 e. The molecule has 0 amide bonds. The van der Waals surface area contributed by atoms with Crippen LogP contribution in [0.2, 0.25) is 0 Å². The van der Waals surface area contributed by atoms with Crippen molar-refractivity contribution in [1.29, 1.82) is 0 Å². The summed E-state index contributed by atoms with van der Waals surface area (Å²) in [6, 6.07) is 8.58. The monoisotopic (exact) mass is 467 g/mol. The molecule has 172 valence electrons. The third-order valence-corrected chi connectivity index (χ3v) is 5.62. The zero-order valence-corrected chi connectivity index (χ0v) is 17.5. The molecule has 13 nitrogen and oxygen atoms in total. The van der Waals surface area contributed by atoms with Gasteiger partial charge in [0.2, 0.25) is 5.95 Å². The summed E-state index contributed by atoms with van der Waals surface area (Å²) in [5, 5.41) is 22.2. The SMILES string of the molecule is O=c1[nH]c(NC(CO)c2ccccc2)nc2c1ncn2[C@H]1C[C@H](OP(=O)(O)O)[C@@H](CO)O1. The number of H-pyrrole nitrogens is 1. The first-order chi connectivity index (χ1) is 15.3. The van der Waals surface area contributed by atoms with E-state index in [0.717, 1.165) is 5.56 Å². The van der Waals surface area contributed by atoms with Gasteiger partial charge in [-0.25, -0.2) is 9.55 Å². The van der Waals surface area contributed by atoms with E-state index in [0.29, 0.717) is 0 Å². The number of aliphatic hydroxyl groups is 2. The van der Waals surface area contributed by atoms with E-state index >= 15 is 0 Å². The van der Waals surface area contributed by atoms with Gasteiger partial charge in [-0.05, 0) is 5.56 Å². The average Bonchev–Trinajstić information content (AvgIpc) is 3.35. The molecule has 1 fully saturated rings.